The third-order valence-electron chi connectivity index (χ3n) is 4.11. The van der Waals surface area contributed by atoms with E-state index in [2.05, 4.69) is 18.8 Å². The van der Waals surface area contributed by atoms with Gasteiger partial charge in [0.05, 0.1) is 5.69 Å². The Labute approximate surface area is 133 Å². The second-order valence-electron chi connectivity index (χ2n) is 5.90. The fourth-order valence-electron chi connectivity index (χ4n) is 2.89. The van der Waals surface area contributed by atoms with E-state index in [9.17, 15) is 9.59 Å². The van der Waals surface area contributed by atoms with Gasteiger partial charge in [-0.3, -0.25) is 9.59 Å². The van der Waals surface area contributed by atoms with Crippen LogP contribution in [0, 0.1) is 0 Å². The van der Waals surface area contributed by atoms with Gasteiger partial charge in [0, 0.05) is 12.1 Å². The number of carboxylic acids is 1. The quantitative estimate of drug-likeness (QED) is 0.446. The molecule has 0 saturated heterocycles. The summed E-state index contributed by atoms with van der Waals surface area (Å²) in [4.78, 5) is 25.5. The number of nitrogens with one attached hydrogen (secondary N) is 1. The number of hydrogen-bond acceptors (Lipinski definition) is 2. The molecule has 1 aromatic heterocycles. The maximum absolute atomic E-state index is 11.3. The molecule has 0 bridgehead atoms. The average molecular weight is 307 g/mol. The van der Waals surface area contributed by atoms with Gasteiger partial charge >= 0.3 is 5.97 Å². The Kier molecular flexibility index (Phi) is 8.56. The van der Waals surface area contributed by atoms with E-state index in [1.165, 1.54) is 0 Å². The molecule has 0 aliphatic carbocycles. The van der Waals surface area contributed by atoms with Gasteiger partial charge in [0.2, 0.25) is 0 Å². The van der Waals surface area contributed by atoms with Crippen LogP contribution in [0.15, 0.2) is 0 Å². The number of carboxylic acid groups (broad SMARTS) is 1. The maximum atomic E-state index is 11.3. The molecule has 4 heteroatoms. The molecule has 0 saturated carbocycles. The molecule has 0 aliphatic heterocycles. The normalized spacial score (nSPS) is 10.8. The van der Waals surface area contributed by atoms with E-state index in [1.54, 1.807) is 0 Å². The van der Waals surface area contributed by atoms with Crippen LogP contribution in [-0.4, -0.2) is 22.3 Å². The summed E-state index contributed by atoms with van der Waals surface area (Å²) in [5.74, 6) is -0.784. The number of aliphatic carboxylic acids is 1. The molecule has 0 aromatic carbocycles. The number of aryl methyl sites for hydroxylation is 1. The summed E-state index contributed by atoms with van der Waals surface area (Å²) >= 11 is 0. The van der Waals surface area contributed by atoms with Gasteiger partial charge in [-0.05, 0) is 43.2 Å². The van der Waals surface area contributed by atoms with Crippen molar-refractivity contribution >= 4 is 12.3 Å². The predicted molar refractivity (Wildman–Crippen MR) is 88.6 cm³/mol. The number of aromatic nitrogens is 1. The summed E-state index contributed by atoms with van der Waals surface area (Å²) in [7, 11) is 0. The molecule has 0 amide bonds. The topological polar surface area (TPSA) is 70.2 Å². The lowest BCUT2D eigenvalue weighted by molar-refractivity contribution is -0.136. The van der Waals surface area contributed by atoms with Gasteiger partial charge in [-0.2, -0.15) is 0 Å². The summed E-state index contributed by atoms with van der Waals surface area (Å²) in [5, 5.41) is 8.97. The highest BCUT2D eigenvalue weighted by Crippen LogP contribution is 2.24. The van der Waals surface area contributed by atoms with Crippen molar-refractivity contribution in [3.05, 3.63) is 22.5 Å². The molecule has 1 heterocycles. The van der Waals surface area contributed by atoms with E-state index >= 15 is 0 Å². The molecular formula is C18H29NO3. The van der Waals surface area contributed by atoms with E-state index in [0.29, 0.717) is 12.1 Å². The van der Waals surface area contributed by atoms with E-state index in [-0.39, 0.29) is 6.42 Å². The first kappa shape index (κ1) is 18.5. The molecule has 4 nitrogen and oxygen atoms in total. The van der Waals surface area contributed by atoms with Crippen LogP contribution in [0.25, 0.3) is 0 Å². The number of rotatable bonds is 12. The summed E-state index contributed by atoms with van der Waals surface area (Å²) in [5.41, 5.74) is 3.86. The molecule has 1 rings (SSSR count). The molecule has 0 aliphatic rings. The van der Waals surface area contributed by atoms with Crippen LogP contribution in [-0.2, 0) is 24.1 Å². The lowest BCUT2D eigenvalue weighted by atomic mass is 9.97. The highest BCUT2D eigenvalue weighted by Gasteiger charge is 2.17. The van der Waals surface area contributed by atoms with Crippen LogP contribution in [0.3, 0.4) is 0 Å². The fraction of sp³-hybridized carbons (Fsp3) is 0.667. The SMILES string of the molecule is CCCCCc1[nH]c(C=O)c(CCCCC)c1CCC(=O)O. The monoisotopic (exact) mass is 307 g/mol. The Morgan fingerprint density at radius 3 is 2.18 bits per heavy atom. The van der Waals surface area contributed by atoms with E-state index in [0.717, 1.165) is 74.5 Å². The zero-order valence-corrected chi connectivity index (χ0v) is 13.9. The van der Waals surface area contributed by atoms with Crippen LogP contribution in [0.5, 0.6) is 0 Å². The first-order valence-corrected chi connectivity index (χ1v) is 8.53. The zero-order chi connectivity index (χ0) is 16.4. The standard InChI is InChI=1S/C18H29NO3/c1-3-5-7-9-14-15(11-12-18(21)22)16(10-8-6-4-2)19-17(14)13-20/h13,19H,3-12H2,1-2H3,(H,21,22). The molecule has 124 valence electrons. The molecule has 2 N–H and O–H groups in total. The highest BCUT2D eigenvalue weighted by atomic mass is 16.4. The second kappa shape index (κ2) is 10.2. The number of aromatic amines is 1. The number of carbonyl (C=O) groups is 2. The minimum absolute atomic E-state index is 0.123. The summed E-state index contributed by atoms with van der Waals surface area (Å²) in [6, 6.07) is 0. The number of aldehydes is 1. The Morgan fingerprint density at radius 1 is 1.00 bits per heavy atom. The maximum Gasteiger partial charge on any atom is 0.303 e. The van der Waals surface area contributed by atoms with Gasteiger partial charge in [-0.25, -0.2) is 0 Å². The summed E-state index contributed by atoms with van der Waals surface area (Å²) in [6.07, 6.45) is 9.97. The second-order valence-corrected chi connectivity index (χ2v) is 5.90. The number of carbonyl (C=O) groups excluding carboxylic acids is 1. The van der Waals surface area contributed by atoms with E-state index in [1.807, 2.05) is 0 Å². The van der Waals surface area contributed by atoms with Crippen molar-refractivity contribution in [2.45, 2.75) is 78.1 Å². The largest absolute Gasteiger partial charge is 0.481 e. The molecule has 0 unspecified atom stereocenters. The van der Waals surface area contributed by atoms with E-state index in [4.69, 9.17) is 5.11 Å². The Balaban J connectivity index is 2.96. The predicted octanol–water partition coefficient (Wildman–Crippen LogP) is 4.31. The fourth-order valence-corrected chi connectivity index (χ4v) is 2.89. The van der Waals surface area contributed by atoms with E-state index < -0.39 is 5.97 Å². The van der Waals surface area contributed by atoms with Gasteiger partial charge in [-0.15, -0.1) is 0 Å². The van der Waals surface area contributed by atoms with Gasteiger partial charge < -0.3 is 10.1 Å². The van der Waals surface area contributed by atoms with Gasteiger partial charge in [0.15, 0.2) is 6.29 Å². The van der Waals surface area contributed by atoms with Crippen molar-refractivity contribution in [1.82, 2.24) is 4.98 Å². The Hall–Kier alpha value is -1.58. The van der Waals surface area contributed by atoms with Crippen LogP contribution >= 0.6 is 0 Å². The zero-order valence-electron chi connectivity index (χ0n) is 13.9. The van der Waals surface area contributed by atoms with Crippen molar-refractivity contribution in [3.63, 3.8) is 0 Å². The minimum Gasteiger partial charge on any atom is -0.481 e. The highest BCUT2D eigenvalue weighted by molar-refractivity contribution is 5.76. The van der Waals surface area contributed by atoms with Crippen LogP contribution in [0.2, 0.25) is 0 Å². The molecule has 0 atom stereocenters. The first-order chi connectivity index (χ1) is 10.6. The van der Waals surface area contributed by atoms with Crippen molar-refractivity contribution in [2.75, 3.05) is 0 Å². The van der Waals surface area contributed by atoms with Crippen LogP contribution < -0.4 is 0 Å². The lowest BCUT2D eigenvalue weighted by Crippen LogP contribution is -2.02. The third kappa shape index (κ3) is 5.66. The number of unbranched alkanes of at least 4 members (excludes halogenated alkanes) is 4. The Bertz CT molecular complexity index is 477. The van der Waals surface area contributed by atoms with Gasteiger partial charge in [0.1, 0.15) is 0 Å². The van der Waals surface area contributed by atoms with Crippen molar-refractivity contribution in [3.8, 4) is 0 Å². The summed E-state index contributed by atoms with van der Waals surface area (Å²) < 4.78 is 0. The van der Waals surface area contributed by atoms with Crippen LogP contribution in [0.4, 0.5) is 0 Å². The third-order valence-corrected chi connectivity index (χ3v) is 4.11. The van der Waals surface area contributed by atoms with Crippen LogP contribution in [0.1, 0.15) is 86.1 Å². The molecule has 0 radical (unpaired) electrons. The lowest BCUT2D eigenvalue weighted by Gasteiger charge is -2.07. The van der Waals surface area contributed by atoms with Gasteiger partial charge in [0.25, 0.3) is 0 Å². The first-order valence-electron chi connectivity index (χ1n) is 8.53. The summed E-state index contributed by atoms with van der Waals surface area (Å²) in [6.45, 7) is 4.31. The number of H-pyrrole nitrogens is 1. The van der Waals surface area contributed by atoms with Crippen molar-refractivity contribution in [1.29, 1.82) is 0 Å². The molecular weight excluding hydrogens is 278 g/mol. The number of hydrogen-bond donors (Lipinski definition) is 2. The molecule has 0 spiro atoms. The minimum atomic E-state index is -0.784. The molecule has 22 heavy (non-hydrogen) atoms. The average Bonchev–Trinajstić information content (AvgIpc) is 2.83. The smallest absolute Gasteiger partial charge is 0.303 e. The van der Waals surface area contributed by atoms with Gasteiger partial charge in [-0.1, -0.05) is 39.5 Å². The van der Waals surface area contributed by atoms with Crippen molar-refractivity contribution < 1.29 is 14.7 Å². The van der Waals surface area contributed by atoms with Crippen molar-refractivity contribution in [2.24, 2.45) is 0 Å². The Morgan fingerprint density at radius 2 is 1.64 bits per heavy atom. The molecule has 1 aromatic rings. The molecule has 0 fully saturated rings.